The zero-order valence-electron chi connectivity index (χ0n) is 23.2. The molecule has 13 nitrogen and oxygen atoms in total. The SMILES string of the molecule is CS(=O)(=O)ON(C(=O)NCCN1CCOCC1)C1CCN(S(=O)(=O)c2cc(C#N)ccc2Oc2cc(Cl)cc(Cl)c2)CC1. The summed E-state index contributed by atoms with van der Waals surface area (Å²) in [5.74, 6) is 0.159. The van der Waals surface area contributed by atoms with E-state index in [1.165, 1.54) is 40.7 Å². The molecule has 0 unspecified atom stereocenters. The van der Waals surface area contributed by atoms with E-state index in [0.717, 1.165) is 24.4 Å². The summed E-state index contributed by atoms with van der Waals surface area (Å²) in [4.78, 5) is 14.8. The van der Waals surface area contributed by atoms with Gasteiger partial charge in [0.1, 0.15) is 16.4 Å². The molecule has 2 saturated heterocycles. The van der Waals surface area contributed by atoms with Gasteiger partial charge in [-0.25, -0.2) is 13.2 Å². The number of nitrogens with one attached hydrogen (secondary N) is 1. The van der Waals surface area contributed by atoms with Crippen molar-refractivity contribution >= 4 is 49.4 Å². The van der Waals surface area contributed by atoms with Gasteiger partial charge in [0.25, 0.3) is 10.1 Å². The molecule has 0 saturated carbocycles. The normalized spacial score (nSPS) is 17.3. The molecule has 17 heteroatoms. The number of piperidine rings is 1. The monoisotopic (exact) mass is 675 g/mol. The lowest BCUT2D eigenvalue weighted by Crippen LogP contribution is -2.53. The number of hydrogen-bond acceptors (Lipinski definition) is 10. The molecule has 0 aromatic heterocycles. The Labute approximate surface area is 260 Å². The Morgan fingerprint density at radius 3 is 2.33 bits per heavy atom. The van der Waals surface area contributed by atoms with E-state index in [2.05, 4.69) is 10.2 Å². The van der Waals surface area contributed by atoms with Crippen LogP contribution in [0.25, 0.3) is 0 Å². The van der Waals surface area contributed by atoms with Crippen molar-refractivity contribution in [1.82, 2.24) is 19.6 Å². The van der Waals surface area contributed by atoms with Crippen LogP contribution < -0.4 is 10.1 Å². The average Bonchev–Trinajstić information content (AvgIpc) is 2.95. The van der Waals surface area contributed by atoms with Crippen molar-refractivity contribution in [2.75, 3.05) is 58.7 Å². The average molecular weight is 677 g/mol. The van der Waals surface area contributed by atoms with Gasteiger partial charge < -0.3 is 14.8 Å². The minimum absolute atomic E-state index is 0.0406. The molecule has 2 aliphatic heterocycles. The molecule has 0 bridgehead atoms. The molecule has 0 atom stereocenters. The van der Waals surface area contributed by atoms with E-state index < -0.39 is 32.2 Å². The lowest BCUT2D eigenvalue weighted by Gasteiger charge is -2.36. The van der Waals surface area contributed by atoms with Crippen LogP contribution in [0.5, 0.6) is 11.5 Å². The maximum absolute atomic E-state index is 13.8. The maximum atomic E-state index is 13.8. The van der Waals surface area contributed by atoms with E-state index >= 15 is 0 Å². The molecule has 0 spiro atoms. The van der Waals surface area contributed by atoms with Crippen molar-refractivity contribution in [2.45, 2.75) is 23.8 Å². The van der Waals surface area contributed by atoms with E-state index in [9.17, 15) is 26.9 Å². The quantitative estimate of drug-likeness (QED) is 0.371. The van der Waals surface area contributed by atoms with Crippen LogP contribution >= 0.6 is 23.2 Å². The predicted molar refractivity (Wildman–Crippen MR) is 158 cm³/mol. The van der Waals surface area contributed by atoms with E-state index in [0.29, 0.717) is 19.8 Å². The Morgan fingerprint density at radius 2 is 1.72 bits per heavy atom. The molecule has 43 heavy (non-hydrogen) atoms. The van der Waals surface area contributed by atoms with Crippen molar-refractivity contribution in [3.63, 3.8) is 0 Å². The summed E-state index contributed by atoms with van der Waals surface area (Å²) < 4.78 is 68.9. The second-order valence-electron chi connectivity index (χ2n) is 9.91. The van der Waals surface area contributed by atoms with Crippen LogP contribution in [0.1, 0.15) is 18.4 Å². The van der Waals surface area contributed by atoms with Crippen molar-refractivity contribution in [1.29, 1.82) is 5.26 Å². The minimum atomic E-state index is -4.20. The molecule has 4 rings (SSSR count). The number of morpholine rings is 1. The molecular formula is C26H31Cl2N5O8S2. The van der Waals surface area contributed by atoms with Gasteiger partial charge in [0.2, 0.25) is 10.0 Å². The topological polar surface area (TPSA) is 159 Å². The molecule has 2 heterocycles. The number of rotatable bonds is 10. The van der Waals surface area contributed by atoms with Gasteiger partial charge in [-0.1, -0.05) is 23.2 Å². The molecule has 2 amide bonds. The highest BCUT2D eigenvalue weighted by Crippen LogP contribution is 2.35. The first-order chi connectivity index (χ1) is 20.4. The van der Waals surface area contributed by atoms with E-state index in [4.69, 9.17) is 37.0 Å². The summed E-state index contributed by atoms with van der Waals surface area (Å²) >= 11 is 12.1. The number of ether oxygens (including phenoxy) is 2. The Balaban J connectivity index is 1.47. The standard InChI is InChI=1S/C26H31Cl2N5O8S2/c1-42(35,36)41-33(26(34)30-6-9-31-10-12-39-13-11-31)22-4-7-32(8-5-22)43(37,38)25-14-19(18-29)2-3-24(25)40-23-16-20(27)15-21(28)17-23/h2-3,14-17,22H,4-13H2,1H3,(H,30,34). The van der Waals surface area contributed by atoms with Crippen molar-refractivity contribution in [3.8, 4) is 17.6 Å². The molecule has 234 valence electrons. The summed E-state index contributed by atoms with van der Waals surface area (Å²) in [7, 11) is -8.26. The highest BCUT2D eigenvalue weighted by atomic mass is 35.5. The van der Waals surface area contributed by atoms with Crippen LogP contribution in [-0.4, -0.2) is 102 Å². The van der Waals surface area contributed by atoms with Crippen molar-refractivity contribution in [3.05, 3.63) is 52.0 Å². The van der Waals surface area contributed by atoms with Gasteiger partial charge in [-0.05, 0) is 49.2 Å². The highest BCUT2D eigenvalue weighted by Gasteiger charge is 2.37. The molecule has 1 N–H and O–H groups in total. The first-order valence-electron chi connectivity index (χ1n) is 13.3. The predicted octanol–water partition coefficient (Wildman–Crippen LogP) is 3.05. The van der Waals surface area contributed by atoms with Crippen LogP contribution in [0.4, 0.5) is 4.79 Å². The van der Waals surface area contributed by atoms with Gasteiger partial charge in [-0.2, -0.15) is 23.0 Å². The summed E-state index contributed by atoms with van der Waals surface area (Å²) in [6.45, 7) is 3.34. The molecular weight excluding hydrogens is 645 g/mol. The van der Waals surface area contributed by atoms with Gasteiger partial charge >= 0.3 is 6.03 Å². The number of hydrogen-bond donors (Lipinski definition) is 1. The van der Waals surface area contributed by atoms with Crippen LogP contribution in [0.15, 0.2) is 41.3 Å². The number of halogens is 2. The van der Waals surface area contributed by atoms with Crippen LogP contribution in [-0.2, 0) is 29.2 Å². The molecule has 2 aromatic rings. The second kappa shape index (κ2) is 14.4. The van der Waals surface area contributed by atoms with Gasteiger partial charge in [0.05, 0.1) is 37.1 Å². The maximum Gasteiger partial charge on any atom is 0.342 e. The van der Waals surface area contributed by atoms with E-state index in [1.54, 1.807) is 0 Å². The summed E-state index contributed by atoms with van der Waals surface area (Å²) in [5, 5.41) is 13.4. The van der Waals surface area contributed by atoms with Gasteiger partial charge in [-0.3, -0.25) is 4.90 Å². The Morgan fingerprint density at radius 1 is 1.07 bits per heavy atom. The smallest absolute Gasteiger partial charge is 0.342 e. The number of nitriles is 1. The number of amides is 2. The fourth-order valence-electron chi connectivity index (χ4n) is 4.66. The molecule has 0 aliphatic carbocycles. The summed E-state index contributed by atoms with van der Waals surface area (Å²) in [5.41, 5.74) is 0.103. The highest BCUT2D eigenvalue weighted by molar-refractivity contribution is 7.89. The number of carbonyl (C=O) groups excluding carboxylic acids is 1. The molecule has 0 radical (unpaired) electrons. The molecule has 2 aliphatic rings. The fourth-order valence-corrected chi connectivity index (χ4v) is 7.26. The number of sulfonamides is 1. The first kappa shape index (κ1) is 33.2. The lowest BCUT2D eigenvalue weighted by atomic mass is 10.1. The Kier molecular flexibility index (Phi) is 11.1. The number of carbonyl (C=O) groups is 1. The van der Waals surface area contributed by atoms with E-state index in [-0.39, 0.29) is 64.5 Å². The third-order valence-corrected chi connectivity index (χ3v) is 9.52. The number of hydroxylamine groups is 2. The van der Waals surface area contributed by atoms with Crippen LogP contribution in [0.2, 0.25) is 10.0 Å². The van der Waals surface area contributed by atoms with Gasteiger partial charge in [0.15, 0.2) is 0 Å². The fraction of sp³-hybridized carbons (Fsp3) is 0.462. The Bertz CT molecular complexity index is 1550. The van der Waals surface area contributed by atoms with Crippen molar-refractivity contribution < 1.29 is 35.4 Å². The molecule has 2 fully saturated rings. The second-order valence-corrected chi connectivity index (χ2v) is 14.2. The zero-order valence-corrected chi connectivity index (χ0v) is 26.4. The lowest BCUT2D eigenvalue weighted by molar-refractivity contribution is -0.0549. The van der Waals surface area contributed by atoms with Gasteiger partial charge in [0, 0.05) is 49.3 Å². The third kappa shape index (κ3) is 9.16. The van der Waals surface area contributed by atoms with Crippen LogP contribution in [0, 0.1) is 11.3 Å². The zero-order chi connectivity index (χ0) is 31.2. The van der Waals surface area contributed by atoms with E-state index in [1.807, 2.05) is 6.07 Å². The number of benzene rings is 2. The molecule has 2 aromatic carbocycles. The number of urea groups is 1. The Hall–Kier alpha value is -2.68. The first-order valence-corrected chi connectivity index (χ1v) is 17.3. The number of nitrogens with zero attached hydrogens (tertiary/aromatic N) is 4. The van der Waals surface area contributed by atoms with Crippen molar-refractivity contribution in [2.24, 2.45) is 0 Å². The largest absolute Gasteiger partial charge is 0.456 e. The van der Waals surface area contributed by atoms with Gasteiger partial charge in [-0.15, -0.1) is 4.28 Å². The summed E-state index contributed by atoms with van der Waals surface area (Å²) in [6, 6.07) is 8.91. The minimum Gasteiger partial charge on any atom is -0.456 e. The summed E-state index contributed by atoms with van der Waals surface area (Å²) in [6.07, 6.45) is 1.00. The third-order valence-electron chi connectivity index (χ3n) is 6.73. The van der Waals surface area contributed by atoms with Crippen LogP contribution in [0.3, 0.4) is 0 Å².